The summed E-state index contributed by atoms with van der Waals surface area (Å²) in [6.45, 7) is 1.78. The number of hydrogen-bond donors (Lipinski definition) is 2. The second kappa shape index (κ2) is 5.19. The molecule has 0 aromatic carbocycles. The number of amides is 1. The van der Waals surface area contributed by atoms with Gasteiger partial charge in [-0.15, -0.1) is 0 Å². The van der Waals surface area contributed by atoms with Crippen LogP contribution in [0.3, 0.4) is 0 Å². The molecular weight excluding hydrogens is 198 g/mol. The molecule has 15 heavy (non-hydrogen) atoms. The summed E-state index contributed by atoms with van der Waals surface area (Å²) in [5.41, 5.74) is 0. The normalized spacial score (nSPS) is 12.1. The molecule has 1 aromatic rings. The summed E-state index contributed by atoms with van der Waals surface area (Å²) in [7, 11) is 0. The number of carbonyl (C=O) groups is 2. The van der Waals surface area contributed by atoms with Crippen molar-refractivity contribution < 1.29 is 19.1 Å². The average Bonchev–Trinajstić information content (AvgIpc) is 2.67. The van der Waals surface area contributed by atoms with Crippen LogP contribution in [0.15, 0.2) is 22.8 Å². The number of carboxylic acids is 1. The van der Waals surface area contributed by atoms with Crippen LogP contribution in [0.2, 0.25) is 0 Å². The molecule has 5 heteroatoms. The molecule has 1 rings (SSSR count). The Morgan fingerprint density at radius 3 is 2.80 bits per heavy atom. The predicted molar refractivity (Wildman–Crippen MR) is 52.1 cm³/mol. The van der Waals surface area contributed by atoms with Crippen LogP contribution in [-0.4, -0.2) is 17.0 Å². The molecule has 0 saturated heterocycles. The topological polar surface area (TPSA) is 79.5 Å². The zero-order valence-corrected chi connectivity index (χ0v) is 8.40. The van der Waals surface area contributed by atoms with Crippen LogP contribution in [0.5, 0.6) is 0 Å². The van der Waals surface area contributed by atoms with Crippen molar-refractivity contribution in [3.63, 3.8) is 0 Å². The van der Waals surface area contributed by atoms with E-state index in [2.05, 4.69) is 5.32 Å². The standard InChI is InChI=1S/C10H13NO4/c1-7(8-3-2-6-15-8)11-9(12)4-5-10(13)14/h2-3,6-7H,4-5H2,1H3,(H,11,12)(H,13,14)/t7-/m1/s1. The fraction of sp³-hybridized carbons (Fsp3) is 0.400. The lowest BCUT2D eigenvalue weighted by Gasteiger charge is -2.10. The van der Waals surface area contributed by atoms with Crippen LogP contribution >= 0.6 is 0 Å². The summed E-state index contributed by atoms with van der Waals surface area (Å²) in [4.78, 5) is 21.5. The van der Waals surface area contributed by atoms with E-state index in [4.69, 9.17) is 9.52 Å². The quantitative estimate of drug-likeness (QED) is 0.769. The van der Waals surface area contributed by atoms with E-state index >= 15 is 0 Å². The smallest absolute Gasteiger partial charge is 0.303 e. The van der Waals surface area contributed by atoms with Crippen molar-refractivity contribution >= 4 is 11.9 Å². The molecule has 1 atom stereocenters. The monoisotopic (exact) mass is 211 g/mol. The summed E-state index contributed by atoms with van der Waals surface area (Å²) in [6.07, 6.45) is 1.35. The predicted octanol–water partition coefficient (Wildman–Crippen LogP) is 1.32. The maximum atomic E-state index is 11.2. The Hall–Kier alpha value is -1.78. The molecule has 1 heterocycles. The highest BCUT2D eigenvalue weighted by Gasteiger charge is 2.12. The third kappa shape index (κ3) is 3.84. The van der Waals surface area contributed by atoms with Gasteiger partial charge in [0.25, 0.3) is 0 Å². The molecular formula is C10H13NO4. The van der Waals surface area contributed by atoms with Gasteiger partial charge in [-0.3, -0.25) is 9.59 Å². The number of nitrogens with one attached hydrogen (secondary N) is 1. The summed E-state index contributed by atoms with van der Waals surface area (Å²) < 4.78 is 5.09. The van der Waals surface area contributed by atoms with Crippen molar-refractivity contribution in [2.45, 2.75) is 25.8 Å². The van der Waals surface area contributed by atoms with Crippen molar-refractivity contribution in [2.24, 2.45) is 0 Å². The first kappa shape index (κ1) is 11.3. The molecule has 0 spiro atoms. The minimum atomic E-state index is -0.976. The maximum Gasteiger partial charge on any atom is 0.303 e. The summed E-state index contributed by atoms with van der Waals surface area (Å²) in [5.74, 6) is -0.615. The van der Waals surface area contributed by atoms with Crippen LogP contribution in [0.1, 0.15) is 31.6 Å². The largest absolute Gasteiger partial charge is 0.481 e. The van der Waals surface area contributed by atoms with E-state index in [1.165, 1.54) is 6.26 Å². The second-order valence-electron chi connectivity index (χ2n) is 3.20. The van der Waals surface area contributed by atoms with Crippen molar-refractivity contribution in [1.82, 2.24) is 5.32 Å². The number of hydrogen-bond acceptors (Lipinski definition) is 3. The highest BCUT2D eigenvalue weighted by molar-refractivity contribution is 5.80. The first-order valence-electron chi connectivity index (χ1n) is 4.64. The van der Waals surface area contributed by atoms with Crippen LogP contribution in [-0.2, 0) is 9.59 Å². The van der Waals surface area contributed by atoms with Gasteiger partial charge >= 0.3 is 5.97 Å². The molecule has 0 unspecified atom stereocenters. The van der Waals surface area contributed by atoms with E-state index < -0.39 is 5.97 Å². The lowest BCUT2D eigenvalue weighted by molar-refractivity contribution is -0.138. The van der Waals surface area contributed by atoms with Crippen LogP contribution < -0.4 is 5.32 Å². The van der Waals surface area contributed by atoms with E-state index in [0.29, 0.717) is 5.76 Å². The Balaban J connectivity index is 2.35. The Kier molecular flexibility index (Phi) is 3.91. The van der Waals surface area contributed by atoms with Crippen molar-refractivity contribution in [3.05, 3.63) is 24.2 Å². The minimum Gasteiger partial charge on any atom is -0.481 e. The zero-order valence-electron chi connectivity index (χ0n) is 8.40. The Bertz CT molecular complexity index is 331. The molecule has 0 bridgehead atoms. The lowest BCUT2D eigenvalue weighted by atomic mass is 10.2. The van der Waals surface area contributed by atoms with Gasteiger partial charge in [-0.2, -0.15) is 0 Å². The van der Waals surface area contributed by atoms with Gasteiger partial charge in [0.1, 0.15) is 5.76 Å². The van der Waals surface area contributed by atoms with Gasteiger partial charge < -0.3 is 14.8 Å². The number of rotatable bonds is 5. The number of carboxylic acid groups (broad SMARTS) is 1. The summed E-state index contributed by atoms with van der Waals surface area (Å²) >= 11 is 0. The molecule has 0 aliphatic heterocycles. The molecule has 0 aliphatic carbocycles. The van der Waals surface area contributed by atoms with E-state index in [-0.39, 0.29) is 24.8 Å². The zero-order chi connectivity index (χ0) is 11.3. The Labute approximate surface area is 87.1 Å². The van der Waals surface area contributed by atoms with Gasteiger partial charge in [0, 0.05) is 6.42 Å². The number of aliphatic carboxylic acids is 1. The van der Waals surface area contributed by atoms with Gasteiger partial charge in [-0.25, -0.2) is 0 Å². The highest BCUT2D eigenvalue weighted by Crippen LogP contribution is 2.12. The van der Waals surface area contributed by atoms with E-state index in [9.17, 15) is 9.59 Å². The number of furan rings is 1. The van der Waals surface area contributed by atoms with E-state index in [0.717, 1.165) is 0 Å². The molecule has 0 radical (unpaired) electrons. The molecule has 5 nitrogen and oxygen atoms in total. The SMILES string of the molecule is C[C@@H](NC(=O)CCC(=O)O)c1ccco1. The summed E-state index contributed by atoms with van der Waals surface area (Å²) in [5, 5.41) is 11.0. The third-order valence-corrected chi connectivity index (χ3v) is 1.91. The molecule has 1 amide bonds. The van der Waals surface area contributed by atoms with Crippen molar-refractivity contribution in [1.29, 1.82) is 0 Å². The van der Waals surface area contributed by atoms with E-state index in [1.807, 2.05) is 0 Å². The number of carbonyl (C=O) groups excluding carboxylic acids is 1. The van der Waals surface area contributed by atoms with Gasteiger partial charge in [-0.1, -0.05) is 0 Å². The maximum absolute atomic E-state index is 11.2. The molecule has 2 N–H and O–H groups in total. The van der Waals surface area contributed by atoms with Gasteiger partial charge in [-0.05, 0) is 19.1 Å². The Morgan fingerprint density at radius 2 is 2.27 bits per heavy atom. The van der Waals surface area contributed by atoms with Crippen LogP contribution in [0.25, 0.3) is 0 Å². The van der Waals surface area contributed by atoms with E-state index in [1.54, 1.807) is 19.1 Å². The van der Waals surface area contributed by atoms with Gasteiger partial charge in [0.05, 0.1) is 18.7 Å². The fourth-order valence-electron chi connectivity index (χ4n) is 1.14. The minimum absolute atomic E-state index is 0.0135. The first-order valence-corrected chi connectivity index (χ1v) is 4.64. The summed E-state index contributed by atoms with van der Waals surface area (Å²) in [6, 6.07) is 3.25. The van der Waals surface area contributed by atoms with Crippen LogP contribution in [0.4, 0.5) is 0 Å². The highest BCUT2D eigenvalue weighted by atomic mass is 16.4. The molecule has 0 aliphatic rings. The van der Waals surface area contributed by atoms with Gasteiger partial charge in [0.15, 0.2) is 0 Å². The first-order chi connectivity index (χ1) is 7.09. The average molecular weight is 211 g/mol. The lowest BCUT2D eigenvalue weighted by Crippen LogP contribution is -2.26. The molecule has 0 fully saturated rings. The fourth-order valence-corrected chi connectivity index (χ4v) is 1.14. The molecule has 1 aromatic heterocycles. The molecule has 82 valence electrons. The third-order valence-electron chi connectivity index (χ3n) is 1.91. The van der Waals surface area contributed by atoms with Crippen LogP contribution in [0, 0.1) is 0 Å². The molecule has 0 saturated carbocycles. The van der Waals surface area contributed by atoms with Gasteiger partial charge in [0.2, 0.25) is 5.91 Å². The van der Waals surface area contributed by atoms with Crippen molar-refractivity contribution in [2.75, 3.05) is 0 Å². The van der Waals surface area contributed by atoms with Crippen molar-refractivity contribution in [3.8, 4) is 0 Å². The Morgan fingerprint density at radius 1 is 1.53 bits per heavy atom. The second-order valence-corrected chi connectivity index (χ2v) is 3.20.